The monoisotopic (exact) mass is 833 g/mol. The maximum atomic E-state index is 14.5. The third kappa shape index (κ3) is 11.2. The molecule has 1 saturated carbocycles. The van der Waals surface area contributed by atoms with Crippen molar-refractivity contribution in [1.29, 1.82) is 0 Å². The second kappa shape index (κ2) is 18.8. The number of alkyl halides is 3. The molecule has 2 N–H and O–H groups in total. The van der Waals surface area contributed by atoms with Gasteiger partial charge in [0.2, 0.25) is 5.88 Å². The van der Waals surface area contributed by atoms with Gasteiger partial charge in [-0.15, -0.1) is 0 Å². The average Bonchev–Trinajstić information content (AvgIpc) is 3.61. The number of thioether (sulfide) groups is 1. The smallest absolute Gasteiger partial charge is 0.433 e. The van der Waals surface area contributed by atoms with Crippen molar-refractivity contribution in [1.82, 2.24) is 35.2 Å². The van der Waals surface area contributed by atoms with Gasteiger partial charge < -0.3 is 15.4 Å². The number of allylic oxidation sites excluding steroid dienone is 2. The van der Waals surface area contributed by atoms with Crippen molar-refractivity contribution in [3.63, 3.8) is 0 Å². The van der Waals surface area contributed by atoms with E-state index in [1.807, 2.05) is 30.0 Å². The number of carbonyl (C=O) groups is 2. The lowest BCUT2D eigenvalue weighted by atomic mass is 9.85. The van der Waals surface area contributed by atoms with Crippen LogP contribution < -0.4 is 15.4 Å². The van der Waals surface area contributed by atoms with E-state index in [-0.39, 0.29) is 29.1 Å². The number of aromatic nitrogens is 3. The zero-order valence-corrected chi connectivity index (χ0v) is 34.4. The highest BCUT2D eigenvalue weighted by molar-refractivity contribution is 7.99. The van der Waals surface area contributed by atoms with Crippen LogP contribution in [0.3, 0.4) is 0 Å². The van der Waals surface area contributed by atoms with Gasteiger partial charge >= 0.3 is 6.18 Å². The Morgan fingerprint density at radius 1 is 0.966 bits per heavy atom. The molecule has 4 aromatic rings. The Hall–Kier alpha value is -4.57. The van der Waals surface area contributed by atoms with Gasteiger partial charge in [0.1, 0.15) is 17.3 Å². The first-order valence-corrected chi connectivity index (χ1v) is 21.4. The molecule has 15 heteroatoms. The van der Waals surface area contributed by atoms with Crippen molar-refractivity contribution in [3.05, 3.63) is 107 Å². The van der Waals surface area contributed by atoms with Crippen LogP contribution in [0.25, 0.3) is 11.1 Å². The number of pyridine rings is 1. The van der Waals surface area contributed by atoms with E-state index in [9.17, 15) is 27.2 Å². The van der Waals surface area contributed by atoms with E-state index < -0.39 is 29.4 Å². The van der Waals surface area contributed by atoms with Gasteiger partial charge in [-0.2, -0.15) is 30.0 Å². The number of nitrogens with one attached hydrogen (secondary N) is 2. The second-order valence-electron chi connectivity index (χ2n) is 16.0. The third-order valence-electron chi connectivity index (χ3n) is 11.2. The number of halogens is 4. The summed E-state index contributed by atoms with van der Waals surface area (Å²) < 4.78 is 60.9. The number of rotatable bonds is 12. The normalized spacial score (nSPS) is 22.1. The average molecular weight is 834 g/mol. The number of ether oxygens (including phenoxy) is 1. The summed E-state index contributed by atoms with van der Waals surface area (Å²) in [7, 11) is 1.15. The standard InChI is InChI=1S/C44H51F4N7O3S/c1-28-24-55(25-29(2)50-28)26-31-9-13-37(33(19-31)27-54-15-17-59-18-16-54)32-5-4-6-36(20-32)58-43-38(21-34(45)23-49-43)40(56)14-10-30-7-11-35(12-8-30)51-42(57)39-22-41(44(46,47)48)53(3)52-39/h4-6,9-10,13-14,19-23,28-30,35,50H,7-8,11-12,15-18,24-27H2,1-3H3,(H,51,57)/b14-10+/t28-,29+,30?,35?. The predicted molar refractivity (Wildman–Crippen MR) is 221 cm³/mol. The van der Waals surface area contributed by atoms with Crippen molar-refractivity contribution in [2.24, 2.45) is 13.0 Å². The first-order valence-electron chi connectivity index (χ1n) is 20.3. The number of aryl methyl sites for hydroxylation is 1. The van der Waals surface area contributed by atoms with Crippen LogP contribution in [0, 0.1) is 11.7 Å². The van der Waals surface area contributed by atoms with Crippen LogP contribution >= 0.6 is 11.8 Å². The summed E-state index contributed by atoms with van der Waals surface area (Å²) in [6, 6.07) is 16.9. The Morgan fingerprint density at radius 2 is 1.71 bits per heavy atom. The van der Waals surface area contributed by atoms with Crippen LogP contribution in [-0.4, -0.2) is 92.1 Å². The topological polar surface area (TPSA) is 105 Å². The quantitative estimate of drug-likeness (QED) is 0.0839. The summed E-state index contributed by atoms with van der Waals surface area (Å²) in [5.74, 6) is 0.910. The minimum absolute atomic E-state index is 0.00584. The zero-order valence-electron chi connectivity index (χ0n) is 33.6. The molecule has 3 aliphatic rings. The van der Waals surface area contributed by atoms with Crippen LogP contribution in [0.5, 0.6) is 11.6 Å². The van der Waals surface area contributed by atoms with Gasteiger partial charge in [-0.25, -0.2) is 9.37 Å². The lowest BCUT2D eigenvalue weighted by molar-refractivity contribution is -0.143. The largest absolute Gasteiger partial charge is 0.438 e. The zero-order chi connectivity index (χ0) is 41.7. The van der Waals surface area contributed by atoms with Gasteiger partial charge in [0, 0.05) is 82.0 Å². The lowest BCUT2D eigenvalue weighted by Crippen LogP contribution is -2.53. The number of ketones is 1. The Morgan fingerprint density at radius 3 is 2.42 bits per heavy atom. The van der Waals surface area contributed by atoms with E-state index >= 15 is 0 Å². The fourth-order valence-corrected chi connectivity index (χ4v) is 9.36. The van der Waals surface area contributed by atoms with Crippen molar-refractivity contribution < 1.29 is 31.9 Å². The summed E-state index contributed by atoms with van der Waals surface area (Å²) in [5, 5.41) is 10.1. The van der Waals surface area contributed by atoms with Crippen molar-refractivity contribution >= 4 is 23.5 Å². The molecule has 0 bridgehead atoms. The van der Waals surface area contributed by atoms with Gasteiger partial charge in [0.15, 0.2) is 11.5 Å². The van der Waals surface area contributed by atoms with Gasteiger partial charge in [-0.05, 0) is 92.0 Å². The number of hydrogen-bond acceptors (Lipinski definition) is 9. The number of piperazine rings is 1. The Kier molecular flexibility index (Phi) is 13.5. The number of amides is 1. The maximum Gasteiger partial charge on any atom is 0.433 e. The van der Waals surface area contributed by atoms with Crippen LogP contribution in [-0.2, 0) is 26.3 Å². The highest BCUT2D eigenvalue weighted by Crippen LogP contribution is 2.34. The third-order valence-corrected chi connectivity index (χ3v) is 12.1. The van der Waals surface area contributed by atoms with Crippen molar-refractivity contribution in [2.75, 3.05) is 37.7 Å². The number of benzene rings is 2. The molecule has 10 nitrogen and oxygen atoms in total. The number of hydrogen-bond donors (Lipinski definition) is 2. The van der Waals surface area contributed by atoms with Gasteiger partial charge in [-0.3, -0.25) is 24.1 Å². The lowest BCUT2D eigenvalue weighted by Gasteiger charge is -2.36. The highest BCUT2D eigenvalue weighted by atomic mass is 32.2. The Bertz CT molecular complexity index is 2140. The first kappa shape index (κ1) is 42.6. The molecule has 7 rings (SSSR count). The molecular formula is C44H51F4N7O3S. The molecule has 0 spiro atoms. The maximum absolute atomic E-state index is 14.5. The van der Waals surface area contributed by atoms with E-state index in [0.717, 1.165) is 87.3 Å². The van der Waals surface area contributed by atoms with Crippen LogP contribution in [0.2, 0.25) is 0 Å². The van der Waals surface area contributed by atoms with Crippen LogP contribution in [0.15, 0.2) is 72.9 Å². The molecule has 2 aliphatic heterocycles. The molecule has 2 aromatic heterocycles. The highest BCUT2D eigenvalue weighted by Gasteiger charge is 2.36. The van der Waals surface area contributed by atoms with E-state index in [0.29, 0.717) is 48.2 Å². The van der Waals surface area contributed by atoms with E-state index in [1.54, 1.807) is 12.1 Å². The molecule has 2 atom stereocenters. The van der Waals surface area contributed by atoms with Crippen LogP contribution in [0.1, 0.15) is 77.2 Å². The minimum atomic E-state index is -4.62. The molecule has 3 fully saturated rings. The summed E-state index contributed by atoms with van der Waals surface area (Å²) in [6.07, 6.45) is 2.00. The Labute approximate surface area is 346 Å². The van der Waals surface area contributed by atoms with Gasteiger partial charge in [0.25, 0.3) is 5.91 Å². The van der Waals surface area contributed by atoms with E-state index in [2.05, 4.69) is 62.6 Å². The van der Waals surface area contributed by atoms with Gasteiger partial charge in [-0.1, -0.05) is 36.4 Å². The van der Waals surface area contributed by atoms with E-state index in [4.69, 9.17) is 4.74 Å². The van der Waals surface area contributed by atoms with Crippen LogP contribution in [0.4, 0.5) is 17.6 Å². The molecule has 0 unspecified atom stereocenters. The summed E-state index contributed by atoms with van der Waals surface area (Å²) >= 11 is 1.99. The summed E-state index contributed by atoms with van der Waals surface area (Å²) in [4.78, 5) is 35.4. The fourth-order valence-electron chi connectivity index (χ4n) is 8.38. The molecular weight excluding hydrogens is 783 g/mol. The number of carbonyl (C=O) groups excluding carboxylic acids is 2. The van der Waals surface area contributed by atoms with Crippen molar-refractivity contribution in [2.45, 2.75) is 76.9 Å². The molecule has 2 aromatic carbocycles. The Balaban J connectivity index is 1.01. The van der Waals surface area contributed by atoms with E-state index in [1.165, 1.54) is 17.2 Å². The molecule has 59 heavy (non-hydrogen) atoms. The molecule has 2 saturated heterocycles. The minimum Gasteiger partial charge on any atom is -0.438 e. The second-order valence-corrected chi connectivity index (χ2v) is 17.2. The molecule has 4 heterocycles. The predicted octanol–water partition coefficient (Wildman–Crippen LogP) is 7.89. The van der Waals surface area contributed by atoms with Crippen molar-refractivity contribution in [3.8, 4) is 22.8 Å². The molecule has 0 radical (unpaired) electrons. The summed E-state index contributed by atoms with van der Waals surface area (Å²) in [6.45, 7) is 10.3. The molecule has 1 amide bonds. The van der Waals surface area contributed by atoms with Gasteiger partial charge in [0.05, 0.1) is 11.8 Å². The summed E-state index contributed by atoms with van der Waals surface area (Å²) in [5.41, 5.74) is 3.29. The fraction of sp³-hybridized carbons (Fsp3) is 0.455. The SMILES string of the molecule is C[C@@H]1CN(Cc2ccc(-c3cccc(Oc4ncc(F)cc4C(=O)/C=C/C4CCC(NC(=O)c5cc(C(F)(F)F)n(C)n5)CC4)c3)c(CN3CCSCC3)c2)C[C@H](C)N1. The number of nitrogens with zero attached hydrogens (tertiary/aromatic N) is 5. The first-order chi connectivity index (χ1) is 28.3. The molecule has 314 valence electrons. The molecule has 1 aliphatic carbocycles.